The zero-order chi connectivity index (χ0) is 38.0. The molecule has 3 aromatic carbocycles. The monoisotopic (exact) mass is 796 g/mol. The van der Waals surface area contributed by atoms with E-state index in [9.17, 15) is 13.2 Å². The minimum absolute atomic E-state index is 0.0585. The number of carbonyl (C=O) groups is 2. The van der Waals surface area contributed by atoms with Gasteiger partial charge in [0.1, 0.15) is 17.6 Å². The number of sulfonamides is 1. The smallest absolute Gasteiger partial charge is 0.326 e. The van der Waals surface area contributed by atoms with Crippen LogP contribution in [-0.2, 0) is 19.6 Å². The predicted molar refractivity (Wildman–Crippen MR) is 208 cm³/mol. The Morgan fingerprint density at radius 2 is 1.44 bits per heavy atom. The molecule has 54 heavy (non-hydrogen) atoms. The number of aryl methyl sites for hydroxylation is 1. The van der Waals surface area contributed by atoms with Crippen LogP contribution in [0.5, 0.6) is 5.75 Å². The third-order valence-corrected chi connectivity index (χ3v) is 13.1. The lowest BCUT2D eigenvalue weighted by Gasteiger charge is -2.39. The van der Waals surface area contributed by atoms with Crippen molar-refractivity contribution in [3.8, 4) is 5.75 Å². The summed E-state index contributed by atoms with van der Waals surface area (Å²) in [6, 6.07) is 16.6. The second-order valence-corrected chi connectivity index (χ2v) is 16.8. The Kier molecular flexibility index (Phi) is 11.8. The molecule has 3 saturated heterocycles. The molecule has 4 heterocycles. The molecular weight excluding hydrogens is 751 g/mol. The number of hydrogen-bond donors (Lipinski definition) is 0. The Morgan fingerprint density at radius 3 is 2.06 bits per heavy atom. The highest BCUT2D eigenvalue weighted by Gasteiger charge is 2.45. The minimum Gasteiger partial charge on any atom is -0.493 e. The molecular formula is C39H46Cl2N6O6S. The van der Waals surface area contributed by atoms with E-state index in [1.54, 1.807) is 53.1 Å². The fourth-order valence-corrected chi connectivity index (χ4v) is 9.67. The molecule has 0 aliphatic carbocycles. The van der Waals surface area contributed by atoms with E-state index in [1.165, 1.54) is 4.31 Å². The van der Waals surface area contributed by atoms with Crippen LogP contribution in [0, 0.1) is 6.92 Å². The molecule has 0 saturated carbocycles. The number of carbonyl (C=O) groups excluding carboxylic acids is 2. The highest BCUT2D eigenvalue weighted by atomic mass is 35.5. The number of rotatable bonds is 9. The van der Waals surface area contributed by atoms with E-state index in [2.05, 4.69) is 4.90 Å². The fraction of sp³-hybridized carbons (Fsp3) is 0.462. The summed E-state index contributed by atoms with van der Waals surface area (Å²) in [5.74, 6) is 0.805. The molecule has 0 spiro atoms. The zero-order valence-electron chi connectivity index (χ0n) is 30.6. The largest absolute Gasteiger partial charge is 0.493 e. The van der Waals surface area contributed by atoms with E-state index in [0.717, 1.165) is 24.0 Å². The average Bonchev–Trinajstić information content (AvgIpc) is 3.86. The standard InChI is InChI=1S/C39H46Cl2N6O6S/c1-3-53-33-24-27(2)34(54(50,51)46-14-4-5-15-46)25-32(33)38-42-36(28-6-10-30(40)11-7-28)37(29-8-12-31(41)13-9-29)47(38)39(49)45-18-16-43(17-19-45)26-35(48)44-20-22-52-23-21-44/h6-13,24-25,36-37H,3-5,14-23,26H2,1-2H3/t36-,37+/m0/s1. The maximum absolute atomic E-state index is 15.1. The van der Waals surface area contributed by atoms with Gasteiger partial charge >= 0.3 is 6.03 Å². The summed E-state index contributed by atoms with van der Waals surface area (Å²) in [7, 11) is -3.84. The maximum atomic E-state index is 15.1. The van der Waals surface area contributed by atoms with Gasteiger partial charge in [0.2, 0.25) is 15.9 Å². The van der Waals surface area contributed by atoms with Crippen LogP contribution in [0.2, 0.25) is 10.0 Å². The summed E-state index contributed by atoms with van der Waals surface area (Å²) in [6.07, 6.45) is 1.61. The number of ether oxygens (including phenoxy) is 2. The summed E-state index contributed by atoms with van der Waals surface area (Å²) < 4.78 is 41.3. The highest BCUT2D eigenvalue weighted by molar-refractivity contribution is 7.89. The molecule has 288 valence electrons. The lowest BCUT2D eigenvalue weighted by Crippen LogP contribution is -2.56. The fourth-order valence-electron chi connectivity index (χ4n) is 7.66. The molecule has 12 nitrogen and oxygen atoms in total. The van der Waals surface area contributed by atoms with Crippen molar-refractivity contribution in [3.05, 3.63) is 93.0 Å². The van der Waals surface area contributed by atoms with Gasteiger partial charge in [-0.1, -0.05) is 47.5 Å². The number of urea groups is 1. The van der Waals surface area contributed by atoms with Crippen molar-refractivity contribution in [2.45, 2.75) is 43.7 Å². The summed E-state index contributed by atoms with van der Waals surface area (Å²) in [4.78, 5) is 41.0. The average molecular weight is 798 g/mol. The molecule has 3 fully saturated rings. The number of aliphatic imine (C=N–C) groups is 1. The number of amidine groups is 1. The molecule has 0 aromatic heterocycles. The zero-order valence-corrected chi connectivity index (χ0v) is 33.0. The molecule has 15 heteroatoms. The third kappa shape index (κ3) is 7.98. The van der Waals surface area contributed by atoms with Gasteiger partial charge in [-0.2, -0.15) is 4.31 Å². The van der Waals surface area contributed by atoms with Gasteiger partial charge in [-0.25, -0.2) is 13.2 Å². The number of benzene rings is 3. The first kappa shape index (κ1) is 38.6. The number of piperazine rings is 1. The van der Waals surface area contributed by atoms with Crippen molar-refractivity contribution in [2.75, 3.05) is 78.7 Å². The van der Waals surface area contributed by atoms with Gasteiger partial charge in [0.05, 0.1) is 42.9 Å². The lowest BCUT2D eigenvalue weighted by molar-refractivity contribution is -0.136. The van der Waals surface area contributed by atoms with Crippen LogP contribution in [0.3, 0.4) is 0 Å². The van der Waals surface area contributed by atoms with Gasteiger partial charge in [-0.15, -0.1) is 0 Å². The van der Waals surface area contributed by atoms with E-state index < -0.39 is 22.1 Å². The minimum atomic E-state index is -3.84. The van der Waals surface area contributed by atoms with Crippen LogP contribution >= 0.6 is 23.2 Å². The van der Waals surface area contributed by atoms with E-state index in [1.807, 2.05) is 36.1 Å². The van der Waals surface area contributed by atoms with Crippen molar-refractivity contribution in [2.24, 2.45) is 4.99 Å². The number of nitrogens with zero attached hydrogens (tertiary/aromatic N) is 6. The van der Waals surface area contributed by atoms with Crippen LogP contribution in [-0.4, -0.2) is 129 Å². The van der Waals surface area contributed by atoms with Crippen molar-refractivity contribution in [3.63, 3.8) is 0 Å². The first-order chi connectivity index (χ1) is 26.0. The Labute approximate surface area is 327 Å². The molecule has 3 aromatic rings. The van der Waals surface area contributed by atoms with Crippen LogP contribution in [0.1, 0.15) is 54.1 Å². The van der Waals surface area contributed by atoms with Gasteiger partial charge in [0.25, 0.3) is 0 Å². The number of halogens is 2. The Bertz CT molecular complexity index is 1980. The second-order valence-electron chi connectivity index (χ2n) is 14.0. The summed E-state index contributed by atoms with van der Waals surface area (Å²) >= 11 is 12.7. The molecule has 7 rings (SSSR count). The SMILES string of the molecule is CCOc1cc(C)c(S(=O)(=O)N2CCCC2)cc1C1=N[C@@H](c2ccc(Cl)cc2)[C@@H](c2ccc(Cl)cc2)N1C(=O)N1CCN(CC(=O)N2CCOCC2)CC1. The quantitative estimate of drug-likeness (QED) is 0.276. The van der Waals surface area contributed by atoms with Crippen LogP contribution in [0.15, 0.2) is 70.6 Å². The Balaban J connectivity index is 1.30. The molecule has 0 bridgehead atoms. The molecule has 0 N–H and O–H groups in total. The topological polar surface area (TPSA) is 115 Å². The molecule has 4 aliphatic rings. The molecule has 4 aliphatic heterocycles. The van der Waals surface area contributed by atoms with Crippen molar-refractivity contribution < 1.29 is 27.5 Å². The van der Waals surface area contributed by atoms with Crippen LogP contribution < -0.4 is 4.74 Å². The third-order valence-electron chi connectivity index (χ3n) is 10.6. The molecule has 0 unspecified atom stereocenters. The van der Waals surface area contributed by atoms with E-state index >= 15 is 4.79 Å². The first-order valence-corrected chi connectivity index (χ1v) is 20.8. The maximum Gasteiger partial charge on any atom is 0.326 e. The number of amides is 3. The normalized spacial score (nSPS) is 21.4. The van der Waals surface area contributed by atoms with Gasteiger partial charge in [0, 0.05) is 62.4 Å². The second kappa shape index (κ2) is 16.6. The molecule has 3 amide bonds. The van der Waals surface area contributed by atoms with E-state index in [4.69, 9.17) is 37.7 Å². The summed E-state index contributed by atoms with van der Waals surface area (Å²) in [5, 5.41) is 1.12. The summed E-state index contributed by atoms with van der Waals surface area (Å²) in [6.45, 7) is 9.19. The predicted octanol–water partition coefficient (Wildman–Crippen LogP) is 5.63. The summed E-state index contributed by atoms with van der Waals surface area (Å²) in [5.41, 5.74) is 2.60. The Morgan fingerprint density at radius 1 is 0.833 bits per heavy atom. The van der Waals surface area contributed by atoms with E-state index in [0.29, 0.717) is 105 Å². The van der Waals surface area contributed by atoms with Crippen molar-refractivity contribution in [1.29, 1.82) is 0 Å². The van der Waals surface area contributed by atoms with Gasteiger partial charge < -0.3 is 19.3 Å². The molecule has 2 atom stereocenters. The Hall–Kier alpha value is -3.72. The number of morpholine rings is 1. The van der Waals surface area contributed by atoms with Crippen LogP contribution in [0.25, 0.3) is 0 Å². The number of hydrogen-bond acceptors (Lipinski definition) is 8. The van der Waals surface area contributed by atoms with Crippen molar-refractivity contribution in [1.82, 2.24) is 23.9 Å². The highest BCUT2D eigenvalue weighted by Crippen LogP contribution is 2.46. The molecule has 0 radical (unpaired) electrons. The van der Waals surface area contributed by atoms with Crippen molar-refractivity contribution >= 4 is 51.0 Å². The van der Waals surface area contributed by atoms with Crippen LogP contribution in [0.4, 0.5) is 4.79 Å². The van der Waals surface area contributed by atoms with Gasteiger partial charge in [0.15, 0.2) is 0 Å². The lowest BCUT2D eigenvalue weighted by atomic mass is 9.93. The van der Waals surface area contributed by atoms with E-state index in [-0.39, 0.29) is 23.4 Å². The first-order valence-electron chi connectivity index (χ1n) is 18.6. The van der Waals surface area contributed by atoms with Gasteiger partial charge in [-0.3, -0.25) is 19.6 Å². The van der Waals surface area contributed by atoms with Gasteiger partial charge in [-0.05, 0) is 79.8 Å².